The molecular formula is C14H19NO5. The molecule has 0 aliphatic carbocycles. The third-order valence-electron chi connectivity index (χ3n) is 2.09. The number of carbonyl (C=O) groups excluding carboxylic acids is 2. The summed E-state index contributed by atoms with van der Waals surface area (Å²) in [6.45, 7) is 1.72. The molecule has 1 amide bonds. The van der Waals surface area contributed by atoms with Crippen molar-refractivity contribution in [1.29, 1.82) is 0 Å². The van der Waals surface area contributed by atoms with Gasteiger partial charge in [0.2, 0.25) is 5.91 Å². The van der Waals surface area contributed by atoms with Crippen molar-refractivity contribution in [3.8, 4) is 5.75 Å². The molecule has 0 fully saturated rings. The number of rotatable bonds is 6. The van der Waals surface area contributed by atoms with E-state index in [9.17, 15) is 14.4 Å². The van der Waals surface area contributed by atoms with Gasteiger partial charge in [-0.05, 0) is 18.6 Å². The Labute approximate surface area is 117 Å². The average molecular weight is 281 g/mol. The summed E-state index contributed by atoms with van der Waals surface area (Å²) in [7, 11) is 0. The highest BCUT2D eigenvalue weighted by molar-refractivity contribution is 5.73. The van der Waals surface area contributed by atoms with Crippen molar-refractivity contribution in [2.75, 3.05) is 0 Å². The summed E-state index contributed by atoms with van der Waals surface area (Å²) in [5.74, 6) is -1.06. The summed E-state index contributed by atoms with van der Waals surface area (Å²) >= 11 is 0. The first-order valence-electron chi connectivity index (χ1n) is 6.21. The molecule has 0 atom stereocenters. The maximum Gasteiger partial charge on any atom is 0.311 e. The van der Waals surface area contributed by atoms with Crippen LogP contribution in [0.3, 0.4) is 0 Å². The van der Waals surface area contributed by atoms with Crippen molar-refractivity contribution in [3.05, 3.63) is 30.3 Å². The molecule has 0 aliphatic rings. The van der Waals surface area contributed by atoms with Crippen LogP contribution >= 0.6 is 0 Å². The first-order valence-corrected chi connectivity index (χ1v) is 6.21. The van der Waals surface area contributed by atoms with Gasteiger partial charge in [0.1, 0.15) is 5.75 Å². The lowest BCUT2D eigenvalue weighted by Gasteiger charge is -2.02. The van der Waals surface area contributed by atoms with E-state index in [1.165, 1.54) is 0 Å². The van der Waals surface area contributed by atoms with Crippen molar-refractivity contribution >= 4 is 17.8 Å². The highest BCUT2D eigenvalue weighted by Gasteiger charge is 2.05. The quantitative estimate of drug-likeness (QED) is 0.610. The molecule has 0 aliphatic heterocycles. The largest absolute Gasteiger partial charge is 0.481 e. The average Bonchev–Trinajstić information content (AvgIpc) is 2.40. The predicted octanol–water partition coefficient (Wildman–Crippen LogP) is 1.73. The fraction of sp³-hybridized carbons (Fsp3) is 0.357. The zero-order valence-corrected chi connectivity index (χ0v) is 11.4. The number of para-hydroxylation sites is 1. The van der Waals surface area contributed by atoms with Gasteiger partial charge in [0, 0.05) is 19.3 Å². The molecule has 0 bridgehead atoms. The lowest BCUT2D eigenvalue weighted by Crippen LogP contribution is -2.08. The highest BCUT2D eigenvalue weighted by Crippen LogP contribution is 2.10. The van der Waals surface area contributed by atoms with Gasteiger partial charge in [-0.15, -0.1) is 0 Å². The van der Waals surface area contributed by atoms with Crippen LogP contribution < -0.4 is 10.5 Å². The van der Waals surface area contributed by atoms with Crippen LogP contribution in [-0.2, 0) is 14.4 Å². The van der Waals surface area contributed by atoms with Crippen LogP contribution in [-0.4, -0.2) is 23.0 Å². The number of hydrogen-bond acceptors (Lipinski definition) is 4. The number of carboxylic acids is 1. The summed E-state index contributed by atoms with van der Waals surface area (Å²) in [6.07, 6.45) is 0.867. The highest BCUT2D eigenvalue weighted by atomic mass is 16.5. The molecule has 110 valence electrons. The van der Waals surface area contributed by atoms with Gasteiger partial charge in [-0.3, -0.25) is 14.4 Å². The molecule has 1 aromatic carbocycles. The van der Waals surface area contributed by atoms with Crippen LogP contribution in [0.25, 0.3) is 0 Å². The maximum atomic E-state index is 11.2. The molecule has 0 spiro atoms. The van der Waals surface area contributed by atoms with Crippen LogP contribution in [0.4, 0.5) is 0 Å². The molecule has 1 aromatic rings. The van der Waals surface area contributed by atoms with E-state index in [4.69, 9.17) is 9.84 Å². The Morgan fingerprint density at radius 1 is 1.15 bits per heavy atom. The van der Waals surface area contributed by atoms with Crippen molar-refractivity contribution in [1.82, 2.24) is 0 Å². The first kappa shape index (κ1) is 17.6. The van der Waals surface area contributed by atoms with Gasteiger partial charge in [-0.1, -0.05) is 25.1 Å². The summed E-state index contributed by atoms with van der Waals surface area (Å²) in [6, 6.07) is 8.70. The minimum Gasteiger partial charge on any atom is -0.481 e. The van der Waals surface area contributed by atoms with E-state index in [0.29, 0.717) is 18.6 Å². The second kappa shape index (κ2) is 10.5. The van der Waals surface area contributed by atoms with Gasteiger partial charge < -0.3 is 15.6 Å². The molecule has 1 rings (SSSR count). The number of esters is 1. The molecule has 6 heteroatoms. The lowest BCUT2D eigenvalue weighted by atomic mass is 10.2. The van der Waals surface area contributed by atoms with Crippen LogP contribution in [0.1, 0.15) is 32.6 Å². The summed E-state index contributed by atoms with van der Waals surface area (Å²) in [5, 5.41) is 8.36. The lowest BCUT2D eigenvalue weighted by molar-refractivity contribution is -0.137. The van der Waals surface area contributed by atoms with Crippen molar-refractivity contribution < 1.29 is 24.2 Å². The summed E-state index contributed by atoms with van der Waals surface area (Å²) in [4.78, 5) is 31.0. The van der Waals surface area contributed by atoms with E-state index >= 15 is 0 Å². The van der Waals surface area contributed by atoms with Gasteiger partial charge in [0.15, 0.2) is 0 Å². The zero-order chi connectivity index (χ0) is 15.4. The molecule has 0 saturated carbocycles. The Morgan fingerprint density at radius 3 is 2.15 bits per heavy atom. The van der Waals surface area contributed by atoms with Crippen LogP contribution in [0.2, 0.25) is 0 Å². The van der Waals surface area contributed by atoms with E-state index in [1.54, 1.807) is 31.2 Å². The topological polar surface area (TPSA) is 107 Å². The van der Waals surface area contributed by atoms with Crippen LogP contribution in [0, 0.1) is 0 Å². The Kier molecular flexibility index (Phi) is 9.29. The van der Waals surface area contributed by atoms with E-state index < -0.39 is 11.9 Å². The monoisotopic (exact) mass is 281 g/mol. The molecule has 20 heavy (non-hydrogen) atoms. The van der Waals surface area contributed by atoms with Gasteiger partial charge >= 0.3 is 11.9 Å². The smallest absolute Gasteiger partial charge is 0.311 e. The molecule has 0 aromatic heterocycles. The predicted molar refractivity (Wildman–Crippen MR) is 73.0 cm³/mol. The van der Waals surface area contributed by atoms with Gasteiger partial charge in [-0.25, -0.2) is 0 Å². The van der Waals surface area contributed by atoms with Crippen molar-refractivity contribution in [3.63, 3.8) is 0 Å². The van der Waals surface area contributed by atoms with Crippen LogP contribution in [0.15, 0.2) is 30.3 Å². The van der Waals surface area contributed by atoms with E-state index in [1.807, 2.05) is 6.07 Å². The number of primary amides is 1. The molecule has 0 saturated heterocycles. The van der Waals surface area contributed by atoms with Crippen molar-refractivity contribution in [2.24, 2.45) is 5.73 Å². The molecule has 0 radical (unpaired) electrons. The Balaban J connectivity index is 0.000000621. The minimum absolute atomic E-state index is 0.0100. The Hall–Kier alpha value is -2.37. The Bertz CT molecular complexity index is 430. The Morgan fingerprint density at radius 2 is 1.70 bits per heavy atom. The molecule has 6 nitrogen and oxygen atoms in total. The zero-order valence-electron chi connectivity index (χ0n) is 11.4. The molecule has 0 unspecified atom stereocenters. The third-order valence-corrected chi connectivity index (χ3v) is 2.09. The number of nitrogens with two attached hydrogens (primary N) is 1. The van der Waals surface area contributed by atoms with Gasteiger partial charge in [0.05, 0.1) is 0 Å². The summed E-state index contributed by atoms with van der Waals surface area (Å²) in [5.41, 5.74) is 4.65. The fourth-order valence-corrected chi connectivity index (χ4v) is 1.05. The second-order valence-electron chi connectivity index (χ2n) is 3.85. The van der Waals surface area contributed by atoms with E-state index in [-0.39, 0.29) is 18.7 Å². The number of carbonyl (C=O) groups is 3. The second-order valence-corrected chi connectivity index (χ2v) is 3.85. The minimum atomic E-state index is -0.900. The fourth-order valence-electron chi connectivity index (χ4n) is 1.05. The number of ether oxygens (including phenoxy) is 1. The van der Waals surface area contributed by atoms with Crippen molar-refractivity contribution in [2.45, 2.75) is 32.6 Å². The number of carboxylic acid groups (broad SMARTS) is 1. The molecular weight excluding hydrogens is 262 g/mol. The maximum absolute atomic E-state index is 11.2. The number of hydrogen-bond donors (Lipinski definition) is 2. The SMILES string of the molecule is CCC(N)=O.O=C(O)CCCC(=O)Oc1ccccc1. The van der Waals surface area contributed by atoms with Gasteiger partial charge in [-0.2, -0.15) is 0 Å². The molecule has 0 heterocycles. The van der Waals surface area contributed by atoms with E-state index in [2.05, 4.69) is 5.73 Å². The number of amides is 1. The normalized spacial score (nSPS) is 9.05. The summed E-state index contributed by atoms with van der Waals surface area (Å²) < 4.78 is 4.96. The third kappa shape index (κ3) is 10.8. The van der Waals surface area contributed by atoms with Crippen LogP contribution in [0.5, 0.6) is 5.75 Å². The van der Waals surface area contributed by atoms with E-state index in [0.717, 1.165) is 0 Å². The first-order chi connectivity index (χ1) is 9.45. The number of aliphatic carboxylic acids is 1. The number of benzene rings is 1. The standard InChI is InChI=1S/C11H12O4.C3H7NO/c12-10(13)7-4-8-11(14)15-9-5-2-1-3-6-9;1-2-3(4)5/h1-3,5-6H,4,7-8H2,(H,12,13);2H2,1H3,(H2,4,5). The molecule has 3 N–H and O–H groups in total. The van der Waals surface area contributed by atoms with Gasteiger partial charge in [0.25, 0.3) is 0 Å².